The van der Waals surface area contributed by atoms with Crippen molar-refractivity contribution in [3.63, 3.8) is 0 Å². The van der Waals surface area contributed by atoms with Gasteiger partial charge >= 0.3 is 6.18 Å². The third-order valence-electron chi connectivity index (χ3n) is 1.45. The van der Waals surface area contributed by atoms with Crippen molar-refractivity contribution >= 4 is 16.5 Å². The van der Waals surface area contributed by atoms with Crippen LogP contribution >= 0.6 is 11.3 Å². The zero-order valence-corrected chi connectivity index (χ0v) is 8.19. The summed E-state index contributed by atoms with van der Waals surface area (Å²) in [5, 5.41) is 5.76. The molecule has 0 saturated heterocycles. The van der Waals surface area contributed by atoms with E-state index >= 15 is 0 Å². The lowest BCUT2D eigenvalue weighted by molar-refractivity contribution is -0.138. The number of aromatic nitrogens is 2. The van der Waals surface area contributed by atoms with Crippen LogP contribution in [0.3, 0.4) is 0 Å². The van der Waals surface area contributed by atoms with Crippen molar-refractivity contribution in [3.8, 4) is 0 Å². The molecule has 1 heterocycles. The molecule has 0 fully saturated rings. The molecule has 0 radical (unpaired) electrons. The van der Waals surface area contributed by atoms with Gasteiger partial charge in [0, 0.05) is 20.1 Å². The number of hydrogen-bond donors (Lipinski definition) is 1. The third kappa shape index (κ3) is 2.55. The van der Waals surface area contributed by atoms with Gasteiger partial charge in [-0.15, -0.1) is 10.2 Å². The van der Waals surface area contributed by atoms with Crippen LogP contribution in [0.4, 0.5) is 18.3 Å². The molecule has 8 heteroatoms. The number of nitrogens with zero attached hydrogens (tertiary/aromatic N) is 3. The highest BCUT2D eigenvalue weighted by molar-refractivity contribution is 7.15. The molecule has 1 rings (SSSR count). The van der Waals surface area contributed by atoms with E-state index in [1.807, 2.05) is 0 Å². The second kappa shape index (κ2) is 4.09. The van der Waals surface area contributed by atoms with Gasteiger partial charge < -0.3 is 10.6 Å². The van der Waals surface area contributed by atoms with Crippen LogP contribution in [0.5, 0.6) is 0 Å². The predicted octanol–water partition coefficient (Wildman–Crippen LogP) is 0.952. The van der Waals surface area contributed by atoms with Gasteiger partial charge in [-0.25, -0.2) is 0 Å². The summed E-state index contributed by atoms with van der Waals surface area (Å²) in [7, 11) is 1.62. The second-order valence-electron chi connectivity index (χ2n) is 2.60. The minimum absolute atomic E-state index is 0.225. The number of rotatable bonds is 3. The second-order valence-corrected chi connectivity index (χ2v) is 3.55. The van der Waals surface area contributed by atoms with Crippen LogP contribution in [0.15, 0.2) is 0 Å². The van der Waals surface area contributed by atoms with Crippen LogP contribution in [0, 0.1) is 0 Å². The Kier molecular flexibility index (Phi) is 3.27. The molecule has 4 nitrogen and oxygen atoms in total. The SMILES string of the molecule is CN(CCN)c1nnc(C(F)(F)F)s1. The van der Waals surface area contributed by atoms with E-state index in [9.17, 15) is 13.2 Å². The molecule has 0 aromatic carbocycles. The molecule has 0 bridgehead atoms. The van der Waals surface area contributed by atoms with Gasteiger partial charge in [-0.2, -0.15) is 13.2 Å². The molecular formula is C6H9F3N4S. The van der Waals surface area contributed by atoms with Crippen molar-refractivity contribution in [2.24, 2.45) is 5.73 Å². The van der Waals surface area contributed by atoms with Crippen LogP contribution in [-0.4, -0.2) is 30.3 Å². The Balaban J connectivity index is 2.78. The maximum atomic E-state index is 12.1. The van der Waals surface area contributed by atoms with Gasteiger partial charge in [-0.3, -0.25) is 0 Å². The summed E-state index contributed by atoms with van der Waals surface area (Å²) >= 11 is 0.511. The third-order valence-corrected chi connectivity index (χ3v) is 2.53. The first kappa shape index (κ1) is 11.2. The number of hydrogen-bond acceptors (Lipinski definition) is 5. The fourth-order valence-corrected chi connectivity index (χ4v) is 1.47. The molecule has 0 aliphatic rings. The molecule has 0 spiro atoms. The first-order valence-corrected chi connectivity index (χ1v) is 4.58. The van der Waals surface area contributed by atoms with Gasteiger partial charge in [0.15, 0.2) is 0 Å². The zero-order chi connectivity index (χ0) is 10.8. The first-order chi connectivity index (χ1) is 6.45. The van der Waals surface area contributed by atoms with Crippen LogP contribution in [0.1, 0.15) is 5.01 Å². The number of halogens is 3. The Hall–Kier alpha value is -0.890. The minimum Gasteiger partial charge on any atom is -0.348 e. The Bertz CT molecular complexity index is 298. The Morgan fingerprint density at radius 3 is 2.50 bits per heavy atom. The Labute approximate surface area is 82.5 Å². The topological polar surface area (TPSA) is 55.0 Å². The average molecular weight is 226 g/mol. The van der Waals surface area contributed by atoms with E-state index < -0.39 is 11.2 Å². The molecular weight excluding hydrogens is 217 g/mol. The first-order valence-electron chi connectivity index (χ1n) is 3.77. The summed E-state index contributed by atoms with van der Waals surface area (Å²) in [4.78, 5) is 1.53. The van der Waals surface area contributed by atoms with Crippen molar-refractivity contribution in [1.29, 1.82) is 0 Å². The molecule has 80 valence electrons. The summed E-state index contributed by atoms with van der Waals surface area (Å²) in [5.41, 5.74) is 5.25. The molecule has 0 amide bonds. The van der Waals surface area contributed by atoms with Crippen molar-refractivity contribution in [1.82, 2.24) is 10.2 Å². The van der Waals surface area contributed by atoms with Gasteiger partial charge in [0.25, 0.3) is 0 Å². The molecule has 14 heavy (non-hydrogen) atoms. The number of anilines is 1. The van der Waals surface area contributed by atoms with Gasteiger partial charge in [0.1, 0.15) is 0 Å². The van der Waals surface area contributed by atoms with E-state index in [1.165, 1.54) is 4.90 Å². The van der Waals surface area contributed by atoms with Crippen LogP contribution < -0.4 is 10.6 Å². The molecule has 2 N–H and O–H groups in total. The highest BCUT2D eigenvalue weighted by atomic mass is 32.1. The van der Waals surface area contributed by atoms with Crippen LogP contribution in [0.2, 0.25) is 0 Å². The van der Waals surface area contributed by atoms with E-state index in [0.29, 0.717) is 24.4 Å². The van der Waals surface area contributed by atoms with Gasteiger partial charge in [-0.1, -0.05) is 11.3 Å². The maximum absolute atomic E-state index is 12.1. The standard InChI is InChI=1S/C6H9F3N4S/c1-13(3-2-10)5-12-11-4(14-5)6(7,8)9/h2-3,10H2,1H3. The smallest absolute Gasteiger partial charge is 0.348 e. The van der Waals surface area contributed by atoms with Crippen molar-refractivity contribution in [2.75, 3.05) is 25.0 Å². The summed E-state index contributed by atoms with van der Waals surface area (Å²) in [6.07, 6.45) is -4.42. The summed E-state index contributed by atoms with van der Waals surface area (Å²) in [5.74, 6) is 0. The molecule has 0 saturated carbocycles. The molecule has 0 atom stereocenters. The summed E-state index contributed by atoms with van der Waals surface area (Å²) in [6, 6.07) is 0. The van der Waals surface area contributed by atoms with E-state index in [4.69, 9.17) is 5.73 Å². The molecule has 0 unspecified atom stereocenters. The number of nitrogens with two attached hydrogens (primary N) is 1. The number of alkyl halides is 3. The molecule has 0 aliphatic heterocycles. The predicted molar refractivity (Wildman–Crippen MR) is 47.2 cm³/mol. The van der Waals surface area contributed by atoms with Crippen molar-refractivity contribution in [2.45, 2.75) is 6.18 Å². The van der Waals surface area contributed by atoms with Crippen molar-refractivity contribution < 1.29 is 13.2 Å². The highest BCUT2D eigenvalue weighted by Crippen LogP contribution is 2.33. The van der Waals surface area contributed by atoms with Crippen LogP contribution in [-0.2, 0) is 6.18 Å². The van der Waals surface area contributed by atoms with E-state index in [1.54, 1.807) is 7.05 Å². The lowest BCUT2D eigenvalue weighted by Crippen LogP contribution is -2.24. The minimum atomic E-state index is -4.42. The number of likely N-dealkylation sites (N-methyl/N-ethyl adjacent to an activating group) is 1. The molecule has 1 aromatic heterocycles. The normalized spacial score (nSPS) is 11.8. The fraction of sp³-hybridized carbons (Fsp3) is 0.667. The van der Waals surface area contributed by atoms with E-state index in [-0.39, 0.29) is 5.13 Å². The van der Waals surface area contributed by atoms with Gasteiger partial charge in [0.05, 0.1) is 0 Å². The maximum Gasteiger partial charge on any atom is 0.445 e. The van der Waals surface area contributed by atoms with Gasteiger partial charge in [-0.05, 0) is 0 Å². The molecule has 1 aromatic rings. The van der Waals surface area contributed by atoms with Crippen molar-refractivity contribution in [3.05, 3.63) is 5.01 Å². The Morgan fingerprint density at radius 1 is 1.43 bits per heavy atom. The van der Waals surface area contributed by atoms with E-state index in [0.717, 1.165) is 0 Å². The van der Waals surface area contributed by atoms with E-state index in [2.05, 4.69) is 10.2 Å². The van der Waals surface area contributed by atoms with Gasteiger partial charge in [0.2, 0.25) is 10.1 Å². The highest BCUT2D eigenvalue weighted by Gasteiger charge is 2.35. The quantitative estimate of drug-likeness (QED) is 0.833. The average Bonchev–Trinajstić information content (AvgIpc) is 2.51. The lowest BCUT2D eigenvalue weighted by atomic mass is 10.6. The largest absolute Gasteiger partial charge is 0.445 e. The monoisotopic (exact) mass is 226 g/mol. The Morgan fingerprint density at radius 2 is 2.07 bits per heavy atom. The zero-order valence-electron chi connectivity index (χ0n) is 7.38. The fourth-order valence-electron chi connectivity index (χ4n) is 0.774. The van der Waals surface area contributed by atoms with Crippen LogP contribution in [0.25, 0.3) is 0 Å². The summed E-state index contributed by atoms with van der Waals surface area (Å²) in [6.45, 7) is 0.809. The molecule has 0 aliphatic carbocycles. The summed E-state index contributed by atoms with van der Waals surface area (Å²) < 4.78 is 36.3. The lowest BCUT2D eigenvalue weighted by Gasteiger charge is -2.12.